The monoisotopic (exact) mass is 290 g/mol. The summed E-state index contributed by atoms with van der Waals surface area (Å²) in [5.74, 6) is 0.985. The maximum Gasteiger partial charge on any atom is 0.121 e. The summed E-state index contributed by atoms with van der Waals surface area (Å²) in [6, 6.07) is 6.37. The number of halogens is 1. The lowest BCUT2D eigenvalue weighted by atomic mass is 10.2. The lowest BCUT2D eigenvalue weighted by Gasteiger charge is -2.11. The van der Waals surface area contributed by atoms with E-state index in [0.29, 0.717) is 0 Å². The van der Waals surface area contributed by atoms with Crippen LogP contribution in [0.1, 0.15) is 26.3 Å². The molecule has 0 saturated carbocycles. The Morgan fingerprint density at radius 1 is 1.31 bits per heavy atom. The van der Waals surface area contributed by atoms with Crippen LogP contribution in [-0.4, -0.2) is 6.10 Å². The molecule has 0 unspecified atom stereocenters. The minimum atomic E-state index is 0.253. The van der Waals surface area contributed by atoms with Crippen LogP contribution in [0.2, 0.25) is 0 Å². The Labute approximate surface area is 93.6 Å². The summed E-state index contributed by atoms with van der Waals surface area (Å²) in [6.45, 7) is 6.25. The summed E-state index contributed by atoms with van der Waals surface area (Å²) in [4.78, 5) is 0. The molecule has 0 bridgehead atoms. The second kappa shape index (κ2) is 4.84. The van der Waals surface area contributed by atoms with Gasteiger partial charge in [0, 0.05) is 3.57 Å². The van der Waals surface area contributed by atoms with Gasteiger partial charge in [0.05, 0.1) is 6.10 Å². The number of rotatable bonds is 3. The van der Waals surface area contributed by atoms with Crippen molar-refractivity contribution >= 4 is 22.6 Å². The number of benzene rings is 1. The molecule has 1 aromatic carbocycles. The SMILES string of the molecule is CCc1cc(I)cc(OC(C)C)c1. The van der Waals surface area contributed by atoms with Crippen LogP contribution in [0.25, 0.3) is 0 Å². The van der Waals surface area contributed by atoms with Crippen molar-refractivity contribution in [3.05, 3.63) is 27.3 Å². The van der Waals surface area contributed by atoms with Gasteiger partial charge in [0.15, 0.2) is 0 Å². The molecule has 0 spiro atoms. The van der Waals surface area contributed by atoms with Crippen molar-refractivity contribution in [2.24, 2.45) is 0 Å². The first-order valence-electron chi connectivity index (χ1n) is 4.58. The van der Waals surface area contributed by atoms with E-state index in [2.05, 4.69) is 47.7 Å². The molecule has 0 aromatic heterocycles. The van der Waals surface area contributed by atoms with E-state index in [1.54, 1.807) is 0 Å². The van der Waals surface area contributed by atoms with Crippen LogP contribution in [-0.2, 0) is 6.42 Å². The fraction of sp³-hybridized carbons (Fsp3) is 0.455. The van der Waals surface area contributed by atoms with Crippen LogP contribution in [0.4, 0.5) is 0 Å². The molecule has 0 aliphatic heterocycles. The number of ether oxygens (including phenoxy) is 1. The summed E-state index contributed by atoms with van der Waals surface area (Å²) < 4.78 is 6.88. The zero-order valence-electron chi connectivity index (χ0n) is 8.30. The highest BCUT2D eigenvalue weighted by molar-refractivity contribution is 14.1. The molecule has 72 valence electrons. The van der Waals surface area contributed by atoms with Gasteiger partial charge in [-0.15, -0.1) is 0 Å². The number of hydrogen-bond donors (Lipinski definition) is 0. The van der Waals surface area contributed by atoms with Crippen molar-refractivity contribution in [1.29, 1.82) is 0 Å². The molecular formula is C11H15IO. The van der Waals surface area contributed by atoms with Crippen molar-refractivity contribution in [2.45, 2.75) is 33.3 Å². The third-order valence-corrected chi connectivity index (χ3v) is 2.33. The average molecular weight is 290 g/mol. The highest BCUT2D eigenvalue weighted by Gasteiger charge is 2.00. The third-order valence-electron chi connectivity index (χ3n) is 1.71. The van der Waals surface area contributed by atoms with Crippen molar-refractivity contribution in [3.63, 3.8) is 0 Å². The second-order valence-electron chi connectivity index (χ2n) is 3.32. The average Bonchev–Trinajstić information content (AvgIpc) is 2.01. The van der Waals surface area contributed by atoms with Gasteiger partial charge in [0.1, 0.15) is 5.75 Å². The zero-order valence-corrected chi connectivity index (χ0v) is 10.5. The summed E-state index contributed by atoms with van der Waals surface area (Å²) >= 11 is 2.32. The van der Waals surface area contributed by atoms with Crippen LogP contribution >= 0.6 is 22.6 Å². The number of aryl methyl sites for hydroxylation is 1. The molecule has 0 aliphatic carbocycles. The maximum absolute atomic E-state index is 5.63. The van der Waals surface area contributed by atoms with Crippen molar-refractivity contribution in [3.8, 4) is 5.75 Å². The highest BCUT2D eigenvalue weighted by atomic mass is 127. The molecule has 0 fully saturated rings. The Morgan fingerprint density at radius 3 is 2.54 bits per heavy atom. The van der Waals surface area contributed by atoms with Gasteiger partial charge in [-0.1, -0.05) is 6.92 Å². The Bertz CT molecular complexity index is 281. The molecular weight excluding hydrogens is 275 g/mol. The Balaban J connectivity index is 2.88. The van der Waals surface area contributed by atoms with Crippen LogP contribution in [0, 0.1) is 3.57 Å². The molecule has 0 N–H and O–H groups in total. The van der Waals surface area contributed by atoms with Gasteiger partial charge < -0.3 is 4.74 Å². The molecule has 1 aromatic rings. The largest absolute Gasteiger partial charge is 0.491 e. The molecule has 0 aliphatic rings. The summed E-state index contributed by atoms with van der Waals surface area (Å²) in [5, 5.41) is 0. The predicted molar refractivity (Wildman–Crippen MR) is 64.3 cm³/mol. The van der Waals surface area contributed by atoms with Crippen molar-refractivity contribution < 1.29 is 4.74 Å². The summed E-state index contributed by atoms with van der Waals surface area (Å²) in [6.07, 6.45) is 1.31. The Kier molecular flexibility index (Phi) is 4.03. The van der Waals surface area contributed by atoms with Crippen molar-refractivity contribution in [2.75, 3.05) is 0 Å². The lowest BCUT2D eigenvalue weighted by molar-refractivity contribution is 0.242. The van der Waals surface area contributed by atoms with E-state index in [1.165, 1.54) is 9.13 Å². The van der Waals surface area contributed by atoms with E-state index in [1.807, 2.05) is 13.8 Å². The lowest BCUT2D eigenvalue weighted by Crippen LogP contribution is -2.05. The minimum Gasteiger partial charge on any atom is -0.491 e. The van der Waals surface area contributed by atoms with Gasteiger partial charge in [0.25, 0.3) is 0 Å². The first-order chi connectivity index (χ1) is 6.11. The molecule has 1 nitrogen and oxygen atoms in total. The van der Waals surface area contributed by atoms with E-state index >= 15 is 0 Å². The van der Waals surface area contributed by atoms with Crippen LogP contribution in [0.15, 0.2) is 18.2 Å². The fourth-order valence-corrected chi connectivity index (χ4v) is 1.87. The fourth-order valence-electron chi connectivity index (χ4n) is 1.17. The molecule has 0 amide bonds. The Morgan fingerprint density at radius 2 is 2.00 bits per heavy atom. The first kappa shape index (κ1) is 10.8. The van der Waals surface area contributed by atoms with E-state index in [-0.39, 0.29) is 6.10 Å². The van der Waals surface area contributed by atoms with Gasteiger partial charge >= 0.3 is 0 Å². The van der Waals surface area contributed by atoms with Gasteiger partial charge in [-0.25, -0.2) is 0 Å². The summed E-state index contributed by atoms with van der Waals surface area (Å²) in [7, 11) is 0. The standard InChI is InChI=1S/C11H15IO/c1-4-9-5-10(12)7-11(6-9)13-8(2)3/h5-8H,4H2,1-3H3. The quantitative estimate of drug-likeness (QED) is 0.772. The first-order valence-corrected chi connectivity index (χ1v) is 5.65. The summed E-state index contributed by atoms with van der Waals surface area (Å²) in [5.41, 5.74) is 1.34. The molecule has 0 saturated heterocycles. The Hall–Kier alpha value is -0.250. The van der Waals surface area contributed by atoms with Gasteiger partial charge in [-0.2, -0.15) is 0 Å². The normalized spacial score (nSPS) is 10.5. The predicted octanol–water partition coefficient (Wildman–Crippen LogP) is 3.64. The second-order valence-corrected chi connectivity index (χ2v) is 4.56. The molecule has 2 heteroatoms. The van der Waals surface area contributed by atoms with E-state index in [9.17, 15) is 0 Å². The third kappa shape index (κ3) is 3.55. The zero-order chi connectivity index (χ0) is 9.84. The highest BCUT2D eigenvalue weighted by Crippen LogP contribution is 2.20. The van der Waals surface area contributed by atoms with E-state index in [0.717, 1.165) is 12.2 Å². The molecule has 0 atom stereocenters. The van der Waals surface area contributed by atoms with Crippen LogP contribution < -0.4 is 4.74 Å². The molecule has 0 radical (unpaired) electrons. The minimum absolute atomic E-state index is 0.253. The van der Waals surface area contributed by atoms with Crippen LogP contribution in [0.3, 0.4) is 0 Å². The smallest absolute Gasteiger partial charge is 0.121 e. The number of hydrogen-bond acceptors (Lipinski definition) is 1. The van der Waals surface area contributed by atoms with E-state index < -0.39 is 0 Å². The van der Waals surface area contributed by atoms with E-state index in [4.69, 9.17) is 4.74 Å². The van der Waals surface area contributed by atoms with Gasteiger partial charge in [0.2, 0.25) is 0 Å². The molecule has 1 rings (SSSR count). The molecule has 13 heavy (non-hydrogen) atoms. The van der Waals surface area contributed by atoms with Gasteiger partial charge in [-0.3, -0.25) is 0 Å². The van der Waals surface area contributed by atoms with Gasteiger partial charge in [-0.05, 0) is 66.6 Å². The maximum atomic E-state index is 5.63. The van der Waals surface area contributed by atoms with Crippen LogP contribution in [0.5, 0.6) is 5.75 Å². The molecule has 0 heterocycles. The van der Waals surface area contributed by atoms with Crippen molar-refractivity contribution in [1.82, 2.24) is 0 Å². The topological polar surface area (TPSA) is 9.23 Å².